The molecule has 0 spiro atoms. The Kier molecular flexibility index (Phi) is 9.15. The molecule has 3 N–H and O–H groups in total. The highest BCUT2D eigenvalue weighted by Gasteiger charge is 2.30. The number of H-pyrrole nitrogens is 1. The topological polar surface area (TPSA) is 112 Å². The van der Waals surface area contributed by atoms with Crippen LogP contribution in [0.25, 0.3) is 17.6 Å². The van der Waals surface area contributed by atoms with Gasteiger partial charge in [-0.05, 0) is 62.1 Å². The average Bonchev–Trinajstić information content (AvgIpc) is 3.43. The Labute approximate surface area is 234 Å². The maximum absolute atomic E-state index is 12.9. The molecule has 41 heavy (non-hydrogen) atoms. The van der Waals surface area contributed by atoms with Crippen molar-refractivity contribution >= 4 is 23.6 Å². The van der Waals surface area contributed by atoms with Gasteiger partial charge in [-0.25, -0.2) is 4.98 Å². The molecule has 2 heterocycles. The minimum Gasteiger partial charge on any atom is -0.457 e. The SMILES string of the molecule is CN(C)CCNC(=O)c1cnc(-c2cc(Oc3cccc(/C=C/C(=O)Nc4cccc(C(F)(F)F)c4)c3)ccn2)[nH]1. The van der Waals surface area contributed by atoms with Gasteiger partial charge in [0.15, 0.2) is 5.82 Å². The van der Waals surface area contributed by atoms with Gasteiger partial charge in [0.2, 0.25) is 5.91 Å². The fraction of sp³-hybridized carbons (Fsp3) is 0.172. The number of amides is 2. The summed E-state index contributed by atoms with van der Waals surface area (Å²) in [4.78, 5) is 38.1. The van der Waals surface area contributed by atoms with E-state index in [1.54, 1.807) is 42.6 Å². The van der Waals surface area contributed by atoms with Crippen LogP contribution in [0.4, 0.5) is 18.9 Å². The number of nitrogens with one attached hydrogen (secondary N) is 3. The molecule has 2 aromatic heterocycles. The lowest BCUT2D eigenvalue weighted by Crippen LogP contribution is -2.31. The molecule has 9 nitrogen and oxygen atoms in total. The van der Waals surface area contributed by atoms with Crippen molar-refractivity contribution in [2.75, 3.05) is 32.5 Å². The van der Waals surface area contributed by atoms with E-state index in [-0.39, 0.29) is 11.6 Å². The highest BCUT2D eigenvalue weighted by Crippen LogP contribution is 2.30. The van der Waals surface area contributed by atoms with Crippen LogP contribution < -0.4 is 15.4 Å². The van der Waals surface area contributed by atoms with Crippen LogP contribution in [0.15, 0.2) is 79.1 Å². The van der Waals surface area contributed by atoms with Gasteiger partial charge >= 0.3 is 6.18 Å². The second-order valence-corrected chi connectivity index (χ2v) is 9.16. The number of benzene rings is 2. The summed E-state index contributed by atoms with van der Waals surface area (Å²) in [5, 5.41) is 5.24. The molecule has 0 radical (unpaired) electrons. The summed E-state index contributed by atoms with van der Waals surface area (Å²) in [6.07, 6.45) is 1.22. The Morgan fingerprint density at radius 3 is 2.59 bits per heavy atom. The number of alkyl halides is 3. The molecule has 0 fully saturated rings. The number of likely N-dealkylation sites (N-methyl/N-ethyl adjacent to an activating group) is 1. The van der Waals surface area contributed by atoms with E-state index in [1.807, 2.05) is 19.0 Å². The highest BCUT2D eigenvalue weighted by atomic mass is 19.4. The molecule has 0 unspecified atom stereocenters. The van der Waals surface area contributed by atoms with Crippen LogP contribution in [-0.4, -0.2) is 58.9 Å². The second-order valence-electron chi connectivity index (χ2n) is 9.16. The number of halogens is 3. The minimum atomic E-state index is -4.50. The molecule has 0 bridgehead atoms. The van der Waals surface area contributed by atoms with Crippen molar-refractivity contribution in [3.05, 3.63) is 96.0 Å². The number of nitrogens with zero attached hydrogens (tertiary/aromatic N) is 3. The van der Waals surface area contributed by atoms with Gasteiger partial charge in [-0.1, -0.05) is 18.2 Å². The molecule has 2 aromatic carbocycles. The standard InChI is InChI=1S/C29H27F3N6O3/c1-38(2)14-13-34-28(40)25-18-35-27(37-25)24-17-23(11-12-33-24)41-22-8-3-5-19(15-22)9-10-26(39)36-21-7-4-6-20(16-21)29(30,31)32/h3-12,15-18H,13-14H2,1-2H3,(H,34,40)(H,35,37)(H,36,39)/b10-9+. The predicted molar refractivity (Wildman–Crippen MR) is 148 cm³/mol. The Balaban J connectivity index is 1.38. The molecular formula is C29H27F3N6O3. The van der Waals surface area contributed by atoms with Crippen molar-refractivity contribution in [1.82, 2.24) is 25.2 Å². The number of hydrogen-bond donors (Lipinski definition) is 3. The smallest absolute Gasteiger partial charge is 0.416 e. The van der Waals surface area contributed by atoms with Gasteiger partial charge in [0, 0.05) is 37.1 Å². The number of carbonyl (C=O) groups excluding carboxylic acids is 2. The van der Waals surface area contributed by atoms with Gasteiger partial charge in [-0.15, -0.1) is 0 Å². The molecule has 0 aliphatic heterocycles. The Bertz CT molecular complexity index is 1550. The highest BCUT2D eigenvalue weighted by molar-refractivity contribution is 6.02. The van der Waals surface area contributed by atoms with E-state index >= 15 is 0 Å². The first-order chi connectivity index (χ1) is 19.6. The number of carbonyl (C=O) groups is 2. The van der Waals surface area contributed by atoms with E-state index in [4.69, 9.17) is 4.74 Å². The van der Waals surface area contributed by atoms with Gasteiger partial charge in [-0.3, -0.25) is 14.6 Å². The second kappa shape index (κ2) is 12.9. The number of imidazole rings is 1. The number of hydrogen-bond acceptors (Lipinski definition) is 6. The fourth-order valence-corrected chi connectivity index (χ4v) is 3.61. The summed E-state index contributed by atoms with van der Waals surface area (Å²) in [6, 6.07) is 14.6. The third kappa shape index (κ3) is 8.51. The van der Waals surface area contributed by atoms with Crippen molar-refractivity contribution in [2.24, 2.45) is 0 Å². The first-order valence-corrected chi connectivity index (χ1v) is 12.5. The van der Waals surface area contributed by atoms with Crippen molar-refractivity contribution in [3.8, 4) is 23.0 Å². The Hall–Kier alpha value is -4.97. The Morgan fingerprint density at radius 2 is 1.80 bits per heavy atom. The first-order valence-electron chi connectivity index (χ1n) is 12.5. The molecule has 212 valence electrons. The number of pyridine rings is 1. The van der Waals surface area contributed by atoms with E-state index in [9.17, 15) is 22.8 Å². The molecule has 12 heteroatoms. The summed E-state index contributed by atoms with van der Waals surface area (Å²) in [5.74, 6) is 0.483. The lowest BCUT2D eigenvalue weighted by Gasteiger charge is -2.09. The van der Waals surface area contributed by atoms with Crippen LogP contribution in [0.2, 0.25) is 0 Å². The summed E-state index contributed by atoms with van der Waals surface area (Å²) < 4.78 is 44.7. The van der Waals surface area contributed by atoms with Crippen molar-refractivity contribution in [1.29, 1.82) is 0 Å². The van der Waals surface area contributed by atoms with Crippen molar-refractivity contribution in [3.63, 3.8) is 0 Å². The van der Waals surface area contributed by atoms with Crippen LogP contribution in [-0.2, 0) is 11.0 Å². The summed E-state index contributed by atoms with van der Waals surface area (Å²) in [7, 11) is 3.83. The number of anilines is 1. The Morgan fingerprint density at radius 1 is 1.02 bits per heavy atom. The van der Waals surface area contributed by atoms with Crippen molar-refractivity contribution < 1.29 is 27.5 Å². The number of ether oxygens (including phenoxy) is 1. The van der Waals surface area contributed by atoms with E-state index in [0.29, 0.717) is 47.4 Å². The van der Waals surface area contributed by atoms with E-state index in [0.717, 1.165) is 12.1 Å². The van der Waals surface area contributed by atoms with Gasteiger partial charge in [-0.2, -0.15) is 13.2 Å². The van der Waals surface area contributed by atoms with Gasteiger partial charge in [0.1, 0.15) is 22.9 Å². The summed E-state index contributed by atoms with van der Waals surface area (Å²) >= 11 is 0. The number of rotatable bonds is 10. The molecule has 0 aliphatic rings. The van der Waals surface area contributed by atoms with Gasteiger partial charge in [0.05, 0.1) is 11.8 Å². The summed E-state index contributed by atoms with van der Waals surface area (Å²) in [6.45, 7) is 1.20. The molecule has 0 saturated heterocycles. The van der Waals surface area contributed by atoms with E-state index < -0.39 is 17.6 Å². The minimum absolute atomic E-state index is 0.0358. The quantitative estimate of drug-likeness (QED) is 0.228. The maximum Gasteiger partial charge on any atom is 0.416 e. The molecule has 2 amide bonds. The van der Waals surface area contributed by atoms with E-state index in [1.165, 1.54) is 30.5 Å². The zero-order valence-electron chi connectivity index (χ0n) is 22.2. The maximum atomic E-state index is 12.9. The molecule has 4 rings (SSSR count). The largest absolute Gasteiger partial charge is 0.457 e. The third-order valence-corrected chi connectivity index (χ3v) is 5.62. The first kappa shape index (κ1) is 29.0. The van der Waals surface area contributed by atoms with Crippen LogP contribution in [0.5, 0.6) is 11.5 Å². The van der Waals surface area contributed by atoms with Crippen LogP contribution in [0.3, 0.4) is 0 Å². The van der Waals surface area contributed by atoms with Crippen LogP contribution in [0.1, 0.15) is 21.6 Å². The van der Waals surface area contributed by atoms with Crippen LogP contribution >= 0.6 is 0 Å². The lowest BCUT2D eigenvalue weighted by molar-refractivity contribution is -0.137. The lowest BCUT2D eigenvalue weighted by atomic mass is 10.2. The van der Waals surface area contributed by atoms with Gasteiger partial charge in [0.25, 0.3) is 5.91 Å². The molecular weight excluding hydrogens is 537 g/mol. The van der Waals surface area contributed by atoms with E-state index in [2.05, 4.69) is 25.6 Å². The van der Waals surface area contributed by atoms with Gasteiger partial charge < -0.3 is 25.3 Å². The van der Waals surface area contributed by atoms with Crippen LogP contribution in [0, 0.1) is 0 Å². The number of aromatic amines is 1. The molecule has 4 aromatic rings. The molecule has 0 saturated carbocycles. The average molecular weight is 565 g/mol. The predicted octanol–water partition coefficient (Wildman–Crippen LogP) is 5.23. The fourth-order valence-electron chi connectivity index (χ4n) is 3.61. The monoisotopic (exact) mass is 564 g/mol. The zero-order chi connectivity index (χ0) is 29.4. The normalized spacial score (nSPS) is 11.6. The van der Waals surface area contributed by atoms with Crippen molar-refractivity contribution in [2.45, 2.75) is 6.18 Å². The molecule has 0 aliphatic carbocycles. The molecule has 0 atom stereocenters. The zero-order valence-corrected chi connectivity index (χ0v) is 22.2. The third-order valence-electron chi connectivity index (χ3n) is 5.62. The number of aromatic nitrogens is 3. The summed E-state index contributed by atoms with van der Waals surface area (Å²) in [5.41, 5.74) is 0.596.